The Morgan fingerprint density at radius 3 is 2.59 bits per heavy atom. The Hall–Kier alpha value is -4.64. The highest BCUT2D eigenvalue weighted by atomic mass is 32.1. The molecule has 11 heteroatoms. The number of anilines is 1. The van der Waals surface area contributed by atoms with Gasteiger partial charge in [-0.3, -0.25) is 19.3 Å². The van der Waals surface area contributed by atoms with E-state index in [2.05, 4.69) is 11.6 Å². The van der Waals surface area contributed by atoms with Crippen LogP contribution in [0.3, 0.4) is 0 Å². The molecule has 0 radical (unpaired) electrons. The Balaban J connectivity index is 1.70. The third-order valence-electron chi connectivity index (χ3n) is 6.51. The van der Waals surface area contributed by atoms with Crippen molar-refractivity contribution in [2.45, 2.75) is 26.8 Å². The van der Waals surface area contributed by atoms with E-state index < -0.39 is 23.5 Å². The second kappa shape index (κ2) is 11.5. The second-order valence-corrected chi connectivity index (χ2v) is 10.2. The van der Waals surface area contributed by atoms with E-state index in [1.807, 2.05) is 6.92 Å². The van der Waals surface area contributed by atoms with Gasteiger partial charge < -0.3 is 24.1 Å². The average molecular weight is 577 g/mol. The Morgan fingerprint density at radius 1 is 1.15 bits per heavy atom. The number of ketones is 2. The maximum Gasteiger partial charge on any atom is 0.301 e. The van der Waals surface area contributed by atoms with Crippen molar-refractivity contribution in [3.8, 4) is 23.0 Å². The molecular weight excluding hydrogens is 548 g/mol. The number of aliphatic hydroxyl groups excluding tert-OH is 1. The fourth-order valence-electron chi connectivity index (χ4n) is 4.73. The monoisotopic (exact) mass is 576 g/mol. The molecule has 10 nitrogen and oxygen atoms in total. The molecule has 212 valence electrons. The number of amides is 1. The Morgan fingerprint density at radius 2 is 1.90 bits per heavy atom. The van der Waals surface area contributed by atoms with Crippen LogP contribution in [0.5, 0.6) is 23.0 Å². The summed E-state index contributed by atoms with van der Waals surface area (Å²) >= 11 is 1.01. The van der Waals surface area contributed by atoms with Gasteiger partial charge in [0.2, 0.25) is 0 Å². The van der Waals surface area contributed by atoms with Crippen LogP contribution >= 0.6 is 11.3 Å². The van der Waals surface area contributed by atoms with E-state index in [4.69, 9.17) is 18.9 Å². The van der Waals surface area contributed by atoms with Gasteiger partial charge in [0.15, 0.2) is 33.9 Å². The van der Waals surface area contributed by atoms with Crippen molar-refractivity contribution in [3.05, 3.63) is 76.3 Å². The third-order valence-corrected chi connectivity index (χ3v) is 7.77. The lowest BCUT2D eigenvalue weighted by atomic mass is 9.95. The first-order valence-electron chi connectivity index (χ1n) is 12.9. The van der Waals surface area contributed by atoms with Gasteiger partial charge in [-0.2, -0.15) is 0 Å². The van der Waals surface area contributed by atoms with E-state index >= 15 is 0 Å². The molecule has 0 aliphatic carbocycles. The number of hydrogen-bond acceptors (Lipinski definition) is 10. The molecule has 3 heterocycles. The molecule has 1 saturated heterocycles. The largest absolute Gasteiger partial charge is 0.507 e. The smallest absolute Gasteiger partial charge is 0.301 e. The minimum absolute atomic E-state index is 0.147. The van der Waals surface area contributed by atoms with Gasteiger partial charge >= 0.3 is 5.91 Å². The molecule has 41 heavy (non-hydrogen) atoms. The van der Waals surface area contributed by atoms with Crippen LogP contribution in [-0.4, -0.2) is 54.0 Å². The van der Waals surface area contributed by atoms with E-state index in [9.17, 15) is 19.5 Å². The molecule has 1 atom stereocenters. The van der Waals surface area contributed by atoms with Crippen LogP contribution in [0, 0.1) is 6.92 Å². The SMILES string of the molecule is C=CCOc1ccc([C@@H]2/C(=C(\O)c3ccc4c(c3)OCCO4)C(=O)C(=O)N2c2nc(C)c(C(C)=O)s2)cc1OCC. The number of ether oxygens (including phenoxy) is 4. The quantitative estimate of drug-likeness (QED) is 0.123. The van der Waals surface area contributed by atoms with Crippen LogP contribution in [-0.2, 0) is 9.59 Å². The number of aromatic nitrogens is 1. The number of Topliss-reactive ketones (excluding diaryl/α,β-unsaturated/α-hetero) is 2. The summed E-state index contributed by atoms with van der Waals surface area (Å²) in [7, 11) is 0. The minimum atomic E-state index is -1.08. The van der Waals surface area contributed by atoms with E-state index in [0.717, 1.165) is 11.3 Å². The zero-order valence-electron chi connectivity index (χ0n) is 22.8. The van der Waals surface area contributed by atoms with Crippen molar-refractivity contribution < 1.29 is 38.4 Å². The number of thiazole rings is 1. The van der Waals surface area contributed by atoms with Gasteiger partial charge in [-0.05, 0) is 49.7 Å². The van der Waals surface area contributed by atoms with E-state index in [1.165, 1.54) is 11.8 Å². The van der Waals surface area contributed by atoms with Gasteiger partial charge in [0.1, 0.15) is 25.6 Å². The maximum atomic E-state index is 13.6. The zero-order valence-corrected chi connectivity index (χ0v) is 23.6. The number of carbonyl (C=O) groups excluding carboxylic acids is 3. The van der Waals surface area contributed by atoms with Crippen LogP contribution in [0.25, 0.3) is 5.76 Å². The summed E-state index contributed by atoms with van der Waals surface area (Å²) < 4.78 is 22.8. The van der Waals surface area contributed by atoms with Gasteiger partial charge in [-0.25, -0.2) is 4.98 Å². The molecule has 2 aliphatic heterocycles. The molecule has 3 aromatic rings. The number of benzene rings is 2. The minimum Gasteiger partial charge on any atom is -0.507 e. The molecule has 0 saturated carbocycles. The lowest BCUT2D eigenvalue weighted by Crippen LogP contribution is -2.29. The summed E-state index contributed by atoms with van der Waals surface area (Å²) in [6.07, 6.45) is 1.60. The van der Waals surface area contributed by atoms with Crippen LogP contribution in [0.4, 0.5) is 5.13 Å². The third kappa shape index (κ3) is 5.16. The second-order valence-electron chi connectivity index (χ2n) is 9.23. The highest BCUT2D eigenvalue weighted by Gasteiger charge is 2.48. The first-order valence-corrected chi connectivity index (χ1v) is 13.8. The lowest BCUT2D eigenvalue weighted by molar-refractivity contribution is -0.132. The molecule has 1 aromatic heterocycles. The number of rotatable bonds is 9. The van der Waals surface area contributed by atoms with Gasteiger partial charge in [-0.1, -0.05) is 30.1 Å². The first-order chi connectivity index (χ1) is 19.7. The highest BCUT2D eigenvalue weighted by molar-refractivity contribution is 7.18. The summed E-state index contributed by atoms with van der Waals surface area (Å²) in [5.74, 6) is -0.630. The number of fused-ring (bicyclic) bond motifs is 1. The Bertz CT molecular complexity index is 1590. The van der Waals surface area contributed by atoms with Crippen molar-refractivity contribution in [1.82, 2.24) is 4.98 Å². The molecule has 2 aromatic carbocycles. The summed E-state index contributed by atoms with van der Waals surface area (Å²) in [6, 6.07) is 8.73. The summed E-state index contributed by atoms with van der Waals surface area (Å²) in [6.45, 7) is 9.87. The van der Waals surface area contributed by atoms with Crippen LogP contribution < -0.4 is 23.8 Å². The standard InChI is InChI=1S/C30H28N2O8S/c1-5-11-38-20-9-7-18(14-22(20)37-6-2)25-24(26(34)19-8-10-21-23(15-19)40-13-12-39-21)27(35)29(36)32(25)30-31-16(3)28(41-30)17(4)33/h5,7-10,14-15,25,34H,1,6,11-13H2,2-4H3/b26-24+/t25-/m1/s1. The van der Waals surface area contributed by atoms with E-state index in [1.54, 1.807) is 49.4 Å². The predicted octanol–water partition coefficient (Wildman–Crippen LogP) is 5.02. The molecule has 1 fully saturated rings. The number of nitrogens with zero attached hydrogens (tertiary/aromatic N) is 2. The molecule has 1 amide bonds. The normalized spacial score (nSPS) is 17.4. The highest BCUT2D eigenvalue weighted by Crippen LogP contribution is 2.46. The summed E-state index contributed by atoms with van der Waals surface area (Å²) in [5, 5.41) is 11.7. The fraction of sp³-hybridized carbons (Fsp3) is 0.267. The Labute approximate surface area is 240 Å². The predicted molar refractivity (Wildman–Crippen MR) is 152 cm³/mol. The van der Waals surface area contributed by atoms with E-state index in [-0.39, 0.29) is 28.7 Å². The molecular formula is C30H28N2O8S. The van der Waals surface area contributed by atoms with Gasteiger partial charge in [0.25, 0.3) is 5.78 Å². The topological polar surface area (TPSA) is 124 Å². The molecule has 0 unspecified atom stereocenters. The fourth-order valence-corrected chi connectivity index (χ4v) is 5.72. The van der Waals surface area contributed by atoms with E-state index in [0.29, 0.717) is 59.0 Å². The molecule has 1 N–H and O–H groups in total. The number of carbonyl (C=O) groups is 3. The average Bonchev–Trinajstić information content (AvgIpc) is 3.48. The summed E-state index contributed by atoms with van der Waals surface area (Å²) in [5.41, 5.74) is 1.03. The maximum absolute atomic E-state index is 13.6. The van der Waals surface area contributed by atoms with Crippen molar-refractivity contribution in [2.75, 3.05) is 31.3 Å². The number of aliphatic hydroxyl groups is 1. The van der Waals surface area contributed by atoms with Crippen molar-refractivity contribution in [2.24, 2.45) is 0 Å². The van der Waals surface area contributed by atoms with Crippen LogP contribution in [0.1, 0.15) is 46.4 Å². The van der Waals surface area contributed by atoms with Gasteiger partial charge in [-0.15, -0.1) is 0 Å². The van der Waals surface area contributed by atoms with Crippen molar-refractivity contribution in [3.63, 3.8) is 0 Å². The van der Waals surface area contributed by atoms with Crippen molar-refractivity contribution >= 4 is 39.7 Å². The summed E-state index contributed by atoms with van der Waals surface area (Å²) in [4.78, 5) is 45.4. The number of aryl methyl sites for hydroxylation is 1. The van der Waals surface area contributed by atoms with Crippen molar-refractivity contribution in [1.29, 1.82) is 0 Å². The van der Waals surface area contributed by atoms with Gasteiger partial charge in [0.05, 0.1) is 28.8 Å². The number of hydrogen-bond donors (Lipinski definition) is 1. The molecule has 2 aliphatic rings. The molecule has 0 spiro atoms. The first kappa shape index (κ1) is 27.9. The zero-order chi connectivity index (χ0) is 29.3. The van der Waals surface area contributed by atoms with Crippen LogP contribution in [0.2, 0.25) is 0 Å². The van der Waals surface area contributed by atoms with Gasteiger partial charge in [0, 0.05) is 12.5 Å². The van der Waals surface area contributed by atoms with Crippen LogP contribution in [0.15, 0.2) is 54.6 Å². The molecule has 5 rings (SSSR count). The molecule has 0 bridgehead atoms. The lowest BCUT2D eigenvalue weighted by Gasteiger charge is -2.24. The Kier molecular flexibility index (Phi) is 7.80.